The summed E-state index contributed by atoms with van der Waals surface area (Å²) < 4.78 is 2.05. The number of pyridine rings is 1. The summed E-state index contributed by atoms with van der Waals surface area (Å²) in [5.74, 6) is 0. The van der Waals surface area contributed by atoms with Gasteiger partial charge in [-0.1, -0.05) is 0 Å². The molecule has 0 radical (unpaired) electrons. The predicted octanol–water partition coefficient (Wildman–Crippen LogP) is -2.30. The van der Waals surface area contributed by atoms with Gasteiger partial charge in [0.2, 0.25) is 0 Å². The summed E-state index contributed by atoms with van der Waals surface area (Å²) in [7, 11) is 2.01. The molecule has 70 valence electrons. The highest BCUT2D eigenvalue weighted by molar-refractivity contribution is 5.85. The maximum atomic E-state index is 5.48. The van der Waals surface area contributed by atoms with Gasteiger partial charge in [-0.05, 0) is 13.0 Å². The summed E-state index contributed by atoms with van der Waals surface area (Å²) in [4.78, 5) is 0. The molecule has 1 heterocycles. The van der Waals surface area contributed by atoms with Crippen molar-refractivity contribution in [2.75, 3.05) is 0 Å². The summed E-state index contributed by atoms with van der Waals surface area (Å²) in [5, 5.41) is 0. The second-order valence-corrected chi connectivity index (χ2v) is 2.51. The lowest BCUT2D eigenvalue weighted by molar-refractivity contribution is -0.679. The van der Waals surface area contributed by atoms with Gasteiger partial charge in [0, 0.05) is 11.6 Å². The lowest BCUT2D eigenvalue weighted by Gasteiger charge is -1.95. The summed E-state index contributed by atoms with van der Waals surface area (Å²) in [6, 6.07) is 4.12. The molecule has 12 heavy (non-hydrogen) atoms. The Hall–Kier alpha value is 0.130. The zero-order valence-electron chi connectivity index (χ0n) is 7.25. The Morgan fingerprint density at radius 3 is 2.42 bits per heavy atom. The van der Waals surface area contributed by atoms with Crippen LogP contribution in [0.1, 0.15) is 11.3 Å². The van der Waals surface area contributed by atoms with Gasteiger partial charge >= 0.3 is 0 Å². The van der Waals surface area contributed by atoms with Crippen molar-refractivity contribution in [2.45, 2.75) is 13.5 Å². The number of rotatable bonds is 1. The minimum Gasteiger partial charge on any atom is -1.00 e. The molecule has 0 saturated heterocycles. The molecule has 0 spiro atoms. The van der Waals surface area contributed by atoms with E-state index in [9.17, 15) is 0 Å². The first-order valence-electron chi connectivity index (χ1n) is 3.39. The van der Waals surface area contributed by atoms with E-state index in [-0.39, 0.29) is 36.4 Å². The van der Waals surface area contributed by atoms with Crippen LogP contribution in [0.2, 0.25) is 0 Å². The van der Waals surface area contributed by atoms with E-state index in [1.807, 2.05) is 7.05 Å². The van der Waals surface area contributed by atoms with Crippen molar-refractivity contribution in [3.63, 3.8) is 0 Å². The van der Waals surface area contributed by atoms with Crippen molar-refractivity contribution in [3.8, 4) is 0 Å². The Labute approximate surface area is 96.6 Å². The van der Waals surface area contributed by atoms with E-state index >= 15 is 0 Å². The topological polar surface area (TPSA) is 29.9 Å². The predicted molar refractivity (Wildman–Crippen MR) is 47.5 cm³/mol. The first-order chi connectivity index (χ1) is 4.74. The number of halogens is 2. The molecular weight excluding hydrogens is 286 g/mol. The highest BCUT2D eigenvalue weighted by atomic mass is 127. The molecule has 1 aromatic heterocycles. The average Bonchev–Trinajstić information content (AvgIpc) is 1.88. The number of aromatic nitrogens is 1. The molecule has 2 N–H and O–H groups in total. The van der Waals surface area contributed by atoms with E-state index in [2.05, 4.69) is 29.8 Å². The number of hydrogen-bond donors (Lipinski definition) is 1. The van der Waals surface area contributed by atoms with Crippen LogP contribution in [0, 0.1) is 6.92 Å². The van der Waals surface area contributed by atoms with Crippen molar-refractivity contribution in [3.05, 3.63) is 29.6 Å². The van der Waals surface area contributed by atoms with E-state index in [0.29, 0.717) is 6.54 Å². The minimum absolute atomic E-state index is 0. The number of nitrogens with two attached hydrogens (primary N) is 1. The smallest absolute Gasteiger partial charge is 0.194 e. The summed E-state index contributed by atoms with van der Waals surface area (Å²) >= 11 is 0. The average molecular weight is 301 g/mol. The van der Waals surface area contributed by atoms with Crippen molar-refractivity contribution in [1.29, 1.82) is 0 Å². The van der Waals surface area contributed by atoms with Crippen LogP contribution in [0.15, 0.2) is 18.3 Å². The normalized spacial score (nSPS) is 8.25. The van der Waals surface area contributed by atoms with Gasteiger partial charge in [-0.15, -0.1) is 12.4 Å². The van der Waals surface area contributed by atoms with Gasteiger partial charge < -0.3 is 29.7 Å². The van der Waals surface area contributed by atoms with E-state index < -0.39 is 0 Å². The van der Waals surface area contributed by atoms with Crippen LogP contribution in [0.3, 0.4) is 0 Å². The fourth-order valence-electron chi connectivity index (χ4n) is 0.989. The van der Waals surface area contributed by atoms with Crippen LogP contribution in [0.4, 0.5) is 0 Å². The van der Waals surface area contributed by atoms with Gasteiger partial charge in [-0.25, -0.2) is 4.57 Å². The molecule has 0 unspecified atom stereocenters. The van der Waals surface area contributed by atoms with Crippen molar-refractivity contribution < 1.29 is 28.5 Å². The largest absolute Gasteiger partial charge is 1.00 e. The van der Waals surface area contributed by atoms with E-state index in [0.717, 1.165) is 5.69 Å². The van der Waals surface area contributed by atoms with E-state index in [1.165, 1.54) is 5.56 Å². The Morgan fingerprint density at radius 1 is 1.42 bits per heavy atom. The lowest BCUT2D eigenvalue weighted by Crippen LogP contribution is -3.00. The molecule has 0 aliphatic heterocycles. The van der Waals surface area contributed by atoms with Gasteiger partial charge in [-0.2, -0.15) is 0 Å². The Bertz CT molecular complexity index is 240. The van der Waals surface area contributed by atoms with E-state index in [1.54, 1.807) is 0 Å². The summed E-state index contributed by atoms with van der Waals surface area (Å²) in [6.07, 6.45) is 2.07. The standard InChI is InChI=1S/C8H13N2.ClH.HI/c1-7-3-4-8(5-9)10(2)6-7;;/h3-4,6H,5,9H2,1-2H3;2*1H/q+1;;/p-1. The number of aryl methyl sites for hydroxylation is 2. The third-order valence-electron chi connectivity index (χ3n) is 1.60. The first kappa shape index (κ1) is 14.6. The van der Waals surface area contributed by atoms with Crippen molar-refractivity contribution in [1.82, 2.24) is 0 Å². The molecule has 0 saturated carbocycles. The Morgan fingerprint density at radius 2 is 2.00 bits per heavy atom. The second-order valence-electron chi connectivity index (χ2n) is 2.51. The highest BCUT2D eigenvalue weighted by Crippen LogP contribution is 1.93. The van der Waals surface area contributed by atoms with Gasteiger partial charge in [0.1, 0.15) is 7.05 Å². The molecular formula is C8H14ClIN2. The summed E-state index contributed by atoms with van der Waals surface area (Å²) in [6.45, 7) is 2.68. The molecule has 0 aliphatic carbocycles. The molecule has 1 aromatic rings. The molecule has 0 atom stereocenters. The SMILES string of the molecule is Cc1ccc(CN)[n+](C)c1.Cl.[I-]. The molecule has 1 rings (SSSR count). The Balaban J connectivity index is 0. The molecule has 4 heteroatoms. The zero-order chi connectivity index (χ0) is 7.56. The molecule has 0 aromatic carbocycles. The Kier molecular flexibility index (Phi) is 8.08. The fraction of sp³-hybridized carbons (Fsp3) is 0.375. The quantitative estimate of drug-likeness (QED) is 0.459. The third-order valence-corrected chi connectivity index (χ3v) is 1.60. The van der Waals surface area contributed by atoms with Crippen LogP contribution in [-0.2, 0) is 13.6 Å². The second kappa shape index (κ2) is 6.62. The minimum atomic E-state index is 0. The fourth-order valence-corrected chi connectivity index (χ4v) is 0.989. The molecule has 0 bridgehead atoms. The maximum absolute atomic E-state index is 5.48. The van der Waals surface area contributed by atoms with Crippen LogP contribution < -0.4 is 34.3 Å². The third kappa shape index (κ3) is 3.69. The van der Waals surface area contributed by atoms with Crippen molar-refractivity contribution in [2.24, 2.45) is 12.8 Å². The van der Waals surface area contributed by atoms with Crippen LogP contribution in [0.25, 0.3) is 0 Å². The number of nitrogens with zero attached hydrogens (tertiary/aromatic N) is 1. The molecule has 2 nitrogen and oxygen atoms in total. The van der Waals surface area contributed by atoms with Gasteiger partial charge in [-0.3, -0.25) is 0 Å². The maximum Gasteiger partial charge on any atom is 0.194 e. The van der Waals surface area contributed by atoms with E-state index in [4.69, 9.17) is 5.73 Å². The van der Waals surface area contributed by atoms with Crippen LogP contribution in [0.5, 0.6) is 0 Å². The van der Waals surface area contributed by atoms with Crippen LogP contribution in [-0.4, -0.2) is 0 Å². The summed E-state index contributed by atoms with van der Waals surface area (Å²) in [5.41, 5.74) is 7.90. The highest BCUT2D eigenvalue weighted by Gasteiger charge is 2.01. The number of hydrogen-bond acceptors (Lipinski definition) is 1. The monoisotopic (exact) mass is 300 g/mol. The molecule has 0 aliphatic rings. The lowest BCUT2D eigenvalue weighted by atomic mass is 10.2. The van der Waals surface area contributed by atoms with Gasteiger partial charge in [0.05, 0.1) is 6.54 Å². The van der Waals surface area contributed by atoms with Crippen molar-refractivity contribution >= 4 is 12.4 Å². The van der Waals surface area contributed by atoms with Crippen LogP contribution >= 0.6 is 12.4 Å². The van der Waals surface area contributed by atoms with Gasteiger partial charge in [0.15, 0.2) is 11.9 Å². The first-order valence-corrected chi connectivity index (χ1v) is 3.39. The zero-order valence-corrected chi connectivity index (χ0v) is 10.2. The van der Waals surface area contributed by atoms with Gasteiger partial charge in [0.25, 0.3) is 0 Å². The molecule has 0 fully saturated rings. The molecule has 0 amide bonds.